The number of amides is 1. The SMILES string of the molecule is CCOC(=O)c1[nH]c2ccc(OC)cc2c1NC(=O)[C@H](C)[NH+]1C[C@@]2(C)C[C@@H]1CC(C)(C)C2. The van der Waals surface area contributed by atoms with Gasteiger partial charge in [-0.3, -0.25) is 4.79 Å². The smallest absolute Gasteiger partial charge is 0.356 e. The number of methoxy groups -OCH3 is 1. The second-order valence-corrected chi connectivity index (χ2v) is 10.7. The van der Waals surface area contributed by atoms with Crippen molar-refractivity contribution in [3.63, 3.8) is 0 Å². The molecule has 4 rings (SSSR count). The van der Waals surface area contributed by atoms with E-state index >= 15 is 0 Å². The van der Waals surface area contributed by atoms with E-state index < -0.39 is 5.97 Å². The first-order valence-electron chi connectivity index (χ1n) is 11.6. The lowest BCUT2D eigenvalue weighted by atomic mass is 9.65. The predicted molar refractivity (Wildman–Crippen MR) is 124 cm³/mol. The van der Waals surface area contributed by atoms with Crippen LogP contribution in [0.2, 0.25) is 0 Å². The second-order valence-electron chi connectivity index (χ2n) is 10.7. The molecule has 4 atom stereocenters. The number of fused-ring (bicyclic) bond motifs is 3. The Morgan fingerprint density at radius 3 is 2.72 bits per heavy atom. The lowest BCUT2D eigenvalue weighted by Crippen LogP contribution is -3.18. The minimum atomic E-state index is -0.482. The zero-order valence-electron chi connectivity index (χ0n) is 20.1. The maximum absolute atomic E-state index is 13.5. The molecule has 1 saturated heterocycles. The molecule has 2 aromatic rings. The molecular formula is C25H36N3O4+. The molecule has 0 radical (unpaired) electrons. The van der Waals surface area contributed by atoms with Gasteiger partial charge in [0, 0.05) is 29.2 Å². The Labute approximate surface area is 189 Å². The third-order valence-electron chi connectivity index (χ3n) is 7.28. The molecule has 1 unspecified atom stereocenters. The zero-order valence-corrected chi connectivity index (χ0v) is 20.1. The molecule has 1 aromatic heterocycles. The fourth-order valence-electron chi connectivity index (χ4n) is 6.36. The molecule has 3 N–H and O–H groups in total. The summed E-state index contributed by atoms with van der Waals surface area (Å²) in [5.74, 6) is 0.0945. The van der Waals surface area contributed by atoms with Crippen LogP contribution < -0.4 is 15.0 Å². The number of esters is 1. The lowest BCUT2D eigenvalue weighted by Gasteiger charge is -2.37. The Hall–Kier alpha value is -2.54. The maximum atomic E-state index is 13.5. The zero-order chi connectivity index (χ0) is 23.3. The number of likely N-dealkylation sites (tertiary alicyclic amines) is 1. The van der Waals surface area contributed by atoms with Crippen molar-refractivity contribution < 1.29 is 24.0 Å². The summed E-state index contributed by atoms with van der Waals surface area (Å²) in [6.45, 7) is 12.1. The van der Waals surface area contributed by atoms with Crippen LogP contribution in [0, 0.1) is 10.8 Å². The largest absolute Gasteiger partial charge is 0.497 e. The van der Waals surface area contributed by atoms with E-state index in [1.54, 1.807) is 14.0 Å². The first-order chi connectivity index (χ1) is 15.1. The number of ether oxygens (including phenoxy) is 2. The molecule has 32 heavy (non-hydrogen) atoms. The molecular weight excluding hydrogens is 406 g/mol. The van der Waals surface area contributed by atoms with E-state index in [-0.39, 0.29) is 29.7 Å². The number of aromatic nitrogens is 1. The van der Waals surface area contributed by atoms with Crippen molar-refractivity contribution in [2.75, 3.05) is 25.6 Å². The van der Waals surface area contributed by atoms with Gasteiger partial charge in [0.2, 0.25) is 0 Å². The summed E-state index contributed by atoms with van der Waals surface area (Å²) in [6, 6.07) is 5.75. The molecule has 1 aromatic carbocycles. The molecule has 1 amide bonds. The number of aromatic amines is 1. The summed E-state index contributed by atoms with van der Waals surface area (Å²) in [5, 5.41) is 3.80. The van der Waals surface area contributed by atoms with E-state index in [2.05, 4.69) is 31.1 Å². The Balaban J connectivity index is 1.63. The number of carbonyl (C=O) groups is 2. The lowest BCUT2D eigenvalue weighted by molar-refractivity contribution is -0.928. The molecule has 2 bridgehead atoms. The van der Waals surface area contributed by atoms with Crippen LogP contribution in [0.5, 0.6) is 5.75 Å². The van der Waals surface area contributed by atoms with E-state index in [1.807, 2.05) is 25.1 Å². The minimum Gasteiger partial charge on any atom is -0.497 e. The maximum Gasteiger partial charge on any atom is 0.356 e. The van der Waals surface area contributed by atoms with Crippen molar-refractivity contribution in [3.8, 4) is 5.75 Å². The topological polar surface area (TPSA) is 84.9 Å². The van der Waals surface area contributed by atoms with Crippen molar-refractivity contribution in [1.82, 2.24) is 4.98 Å². The van der Waals surface area contributed by atoms with Gasteiger partial charge in [0.1, 0.15) is 11.4 Å². The highest BCUT2D eigenvalue weighted by atomic mass is 16.5. The van der Waals surface area contributed by atoms with Gasteiger partial charge in [-0.25, -0.2) is 4.79 Å². The highest BCUT2D eigenvalue weighted by Gasteiger charge is 2.54. The molecule has 1 aliphatic heterocycles. The van der Waals surface area contributed by atoms with Gasteiger partial charge in [-0.15, -0.1) is 0 Å². The van der Waals surface area contributed by atoms with E-state index in [9.17, 15) is 9.59 Å². The second kappa shape index (κ2) is 8.10. The van der Waals surface area contributed by atoms with Gasteiger partial charge in [0.15, 0.2) is 6.04 Å². The molecule has 174 valence electrons. The third-order valence-corrected chi connectivity index (χ3v) is 7.28. The first kappa shape index (κ1) is 22.6. The molecule has 2 fully saturated rings. The number of hydrogen-bond donors (Lipinski definition) is 3. The summed E-state index contributed by atoms with van der Waals surface area (Å²) in [5.41, 5.74) is 2.05. The van der Waals surface area contributed by atoms with Gasteiger partial charge in [0.25, 0.3) is 5.91 Å². The summed E-state index contributed by atoms with van der Waals surface area (Å²) >= 11 is 0. The fraction of sp³-hybridized carbons (Fsp3) is 0.600. The molecule has 2 heterocycles. The van der Waals surface area contributed by atoms with Crippen LogP contribution in [-0.4, -0.2) is 49.2 Å². The number of benzene rings is 1. The summed E-state index contributed by atoms with van der Waals surface area (Å²) in [7, 11) is 1.59. The standard InChI is InChI=1S/C25H35N3O4/c1-7-32-23(30)21-20(18-10-17(31-6)8-9-19(18)26-21)27-22(29)15(2)28-14-25(5)12-16(28)11-24(3,4)13-25/h8-10,15-16,26H,7,11-14H2,1-6H3,(H,27,29)/p+1/t15-,16-,25-/m0/s1. The van der Waals surface area contributed by atoms with Gasteiger partial charge in [-0.1, -0.05) is 20.8 Å². The van der Waals surface area contributed by atoms with E-state index in [1.165, 1.54) is 17.7 Å². The van der Waals surface area contributed by atoms with Crippen molar-refractivity contribution in [2.45, 2.75) is 66.0 Å². The van der Waals surface area contributed by atoms with Gasteiger partial charge >= 0.3 is 5.97 Å². The number of anilines is 1. The monoisotopic (exact) mass is 442 g/mol. The van der Waals surface area contributed by atoms with Crippen molar-refractivity contribution >= 4 is 28.5 Å². The minimum absolute atomic E-state index is 0.0803. The highest BCUT2D eigenvalue weighted by Crippen LogP contribution is 2.47. The molecule has 2 aliphatic rings. The average Bonchev–Trinajstić information content (AvgIpc) is 3.20. The van der Waals surface area contributed by atoms with Crippen LogP contribution in [-0.2, 0) is 9.53 Å². The van der Waals surface area contributed by atoms with Crippen LogP contribution in [0.25, 0.3) is 10.9 Å². The number of nitrogens with one attached hydrogen (secondary N) is 3. The molecule has 7 nitrogen and oxygen atoms in total. The third kappa shape index (κ3) is 4.10. The van der Waals surface area contributed by atoms with Gasteiger partial charge in [-0.2, -0.15) is 0 Å². The van der Waals surface area contributed by atoms with Gasteiger partial charge < -0.3 is 24.7 Å². The summed E-state index contributed by atoms with van der Waals surface area (Å²) in [6.07, 6.45) is 3.50. The summed E-state index contributed by atoms with van der Waals surface area (Å²) in [4.78, 5) is 30.5. The molecule has 1 aliphatic carbocycles. The quantitative estimate of drug-likeness (QED) is 0.600. The van der Waals surface area contributed by atoms with Crippen molar-refractivity contribution in [1.29, 1.82) is 0 Å². The predicted octanol–water partition coefficient (Wildman–Crippen LogP) is 3.16. The number of quaternary nitrogens is 1. The molecule has 1 saturated carbocycles. The number of rotatable bonds is 6. The van der Waals surface area contributed by atoms with E-state index in [0.29, 0.717) is 22.9 Å². The van der Waals surface area contributed by atoms with Gasteiger partial charge in [0.05, 0.1) is 32.0 Å². The van der Waals surface area contributed by atoms with Crippen LogP contribution in [0.15, 0.2) is 18.2 Å². The number of H-pyrrole nitrogens is 1. The van der Waals surface area contributed by atoms with E-state index in [4.69, 9.17) is 9.47 Å². The normalized spacial score (nSPS) is 27.2. The highest BCUT2D eigenvalue weighted by molar-refractivity contribution is 6.11. The summed E-state index contributed by atoms with van der Waals surface area (Å²) < 4.78 is 10.6. The Kier molecular flexibility index (Phi) is 5.74. The Bertz CT molecular complexity index is 1040. The molecule has 0 spiro atoms. The Morgan fingerprint density at radius 2 is 2.03 bits per heavy atom. The first-order valence-corrected chi connectivity index (χ1v) is 11.6. The van der Waals surface area contributed by atoms with E-state index in [0.717, 1.165) is 23.9 Å². The van der Waals surface area contributed by atoms with Crippen LogP contribution >= 0.6 is 0 Å². The number of hydrogen-bond acceptors (Lipinski definition) is 4. The van der Waals surface area contributed by atoms with Crippen LogP contribution in [0.3, 0.4) is 0 Å². The van der Waals surface area contributed by atoms with Crippen molar-refractivity contribution in [3.05, 3.63) is 23.9 Å². The average molecular weight is 443 g/mol. The van der Waals surface area contributed by atoms with Crippen LogP contribution in [0.1, 0.15) is 64.4 Å². The van der Waals surface area contributed by atoms with Gasteiger partial charge in [-0.05, 0) is 43.9 Å². The Morgan fingerprint density at radius 1 is 1.28 bits per heavy atom. The number of carbonyl (C=O) groups excluding carboxylic acids is 2. The molecule has 7 heteroatoms. The fourth-order valence-corrected chi connectivity index (χ4v) is 6.36. The van der Waals surface area contributed by atoms with Crippen LogP contribution in [0.4, 0.5) is 5.69 Å². The van der Waals surface area contributed by atoms with Crippen molar-refractivity contribution in [2.24, 2.45) is 10.8 Å².